The number of amides is 1. The molecule has 0 radical (unpaired) electrons. The third-order valence-corrected chi connectivity index (χ3v) is 3.59. The van der Waals surface area contributed by atoms with Crippen molar-refractivity contribution >= 4 is 58.4 Å². The number of carbonyl (C=O) groups excluding carboxylic acids is 2. The maximum absolute atomic E-state index is 11.8. The molecule has 0 heterocycles. The highest BCUT2D eigenvalue weighted by molar-refractivity contribution is 6.36. The summed E-state index contributed by atoms with van der Waals surface area (Å²) < 4.78 is 4.85. The lowest BCUT2D eigenvalue weighted by atomic mass is 10.2. The van der Waals surface area contributed by atoms with E-state index in [-0.39, 0.29) is 0 Å². The molecule has 0 atom stereocenters. The molecule has 0 spiro atoms. The highest BCUT2D eigenvalue weighted by Crippen LogP contribution is 2.25. The molecule has 0 aliphatic carbocycles. The summed E-state index contributed by atoms with van der Waals surface area (Å²) in [4.78, 5) is 23.4. The molecule has 0 saturated carbocycles. The first kappa shape index (κ1) is 18.3. The lowest BCUT2D eigenvalue weighted by molar-refractivity contribution is -0.142. The van der Waals surface area contributed by atoms with Crippen molar-refractivity contribution in [2.24, 2.45) is 0 Å². The van der Waals surface area contributed by atoms with E-state index < -0.39 is 18.5 Å². The van der Waals surface area contributed by atoms with Gasteiger partial charge in [-0.1, -0.05) is 46.9 Å². The number of rotatable bonds is 5. The quantitative estimate of drug-likeness (QED) is 0.592. The zero-order chi connectivity index (χ0) is 17.5. The second kappa shape index (κ2) is 8.73. The fourth-order valence-corrected chi connectivity index (χ4v) is 2.39. The lowest BCUT2D eigenvalue weighted by Crippen LogP contribution is -2.20. The fourth-order valence-electron chi connectivity index (χ4n) is 1.74. The number of halogens is 3. The van der Waals surface area contributed by atoms with Gasteiger partial charge in [0.1, 0.15) is 0 Å². The molecule has 2 aromatic rings. The minimum atomic E-state index is -0.646. The predicted molar refractivity (Wildman–Crippen MR) is 96.5 cm³/mol. The maximum atomic E-state index is 11.8. The molecule has 7 heteroatoms. The molecule has 2 rings (SSSR count). The van der Waals surface area contributed by atoms with E-state index >= 15 is 0 Å². The van der Waals surface area contributed by atoms with Gasteiger partial charge in [0.2, 0.25) is 0 Å². The van der Waals surface area contributed by atoms with Gasteiger partial charge in [0.05, 0.1) is 10.7 Å². The largest absolute Gasteiger partial charge is 0.452 e. The summed E-state index contributed by atoms with van der Waals surface area (Å²) >= 11 is 17.5. The molecule has 1 amide bonds. The average molecular weight is 385 g/mol. The minimum absolute atomic E-state index is 0.294. The molecule has 0 aromatic heterocycles. The van der Waals surface area contributed by atoms with Crippen LogP contribution in [0.3, 0.4) is 0 Å². The van der Waals surface area contributed by atoms with Crippen molar-refractivity contribution in [2.45, 2.75) is 0 Å². The first-order valence-electron chi connectivity index (χ1n) is 6.79. The average Bonchev–Trinajstić information content (AvgIpc) is 2.54. The van der Waals surface area contributed by atoms with Crippen molar-refractivity contribution < 1.29 is 14.3 Å². The Morgan fingerprint density at radius 3 is 2.50 bits per heavy atom. The van der Waals surface area contributed by atoms with Crippen molar-refractivity contribution in [2.75, 3.05) is 11.9 Å². The summed E-state index contributed by atoms with van der Waals surface area (Å²) in [6, 6.07) is 11.6. The second-order valence-corrected chi connectivity index (χ2v) is 5.95. The molecule has 1 N–H and O–H groups in total. The topological polar surface area (TPSA) is 55.4 Å². The van der Waals surface area contributed by atoms with Gasteiger partial charge in [0.15, 0.2) is 6.61 Å². The number of ether oxygens (including phenoxy) is 1. The van der Waals surface area contributed by atoms with Gasteiger partial charge in [0.25, 0.3) is 5.91 Å². The molecule has 0 fully saturated rings. The van der Waals surface area contributed by atoms with Crippen LogP contribution in [-0.4, -0.2) is 18.5 Å². The molecule has 4 nitrogen and oxygen atoms in total. The van der Waals surface area contributed by atoms with E-state index in [1.54, 1.807) is 42.5 Å². The van der Waals surface area contributed by atoms with E-state index in [2.05, 4.69) is 5.32 Å². The minimum Gasteiger partial charge on any atom is -0.452 e. The van der Waals surface area contributed by atoms with Crippen LogP contribution in [0, 0.1) is 0 Å². The number of benzene rings is 2. The van der Waals surface area contributed by atoms with Crippen LogP contribution < -0.4 is 5.32 Å². The number of hydrogen-bond donors (Lipinski definition) is 1. The Morgan fingerprint density at radius 1 is 1.04 bits per heavy atom. The van der Waals surface area contributed by atoms with Crippen LogP contribution >= 0.6 is 34.8 Å². The molecule has 2 aromatic carbocycles. The van der Waals surface area contributed by atoms with Crippen LogP contribution in [0.4, 0.5) is 5.69 Å². The monoisotopic (exact) mass is 383 g/mol. The van der Waals surface area contributed by atoms with Crippen molar-refractivity contribution in [3.8, 4) is 0 Å². The van der Waals surface area contributed by atoms with Crippen molar-refractivity contribution in [3.63, 3.8) is 0 Å². The molecule has 0 unspecified atom stereocenters. The van der Waals surface area contributed by atoms with E-state index in [0.29, 0.717) is 20.8 Å². The molecule has 0 bridgehead atoms. The zero-order valence-electron chi connectivity index (χ0n) is 12.3. The van der Waals surface area contributed by atoms with Crippen molar-refractivity contribution in [1.29, 1.82) is 0 Å². The van der Waals surface area contributed by atoms with Gasteiger partial charge in [-0.3, -0.25) is 4.79 Å². The molecule has 24 heavy (non-hydrogen) atoms. The Balaban J connectivity index is 1.83. The molecule has 0 aliphatic rings. The van der Waals surface area contributed by atoms with Crippen LogP contribution in [0.1, 0.15) is 5.56 Å². The summed E-state index contributed by atoms with van der Waals surface area (Å²) in [5.41, 5.74) is 1.13. The summed E-state index contributed by atoms with van der Waals surface area (Å²) in [5, 5.41) is 3.83. The molecule has 0 aliphatic heterocycles. The number of carbonyl (C=O) groups is 2. The van der Waals surface area contributed by atoms with E-state index in [0.717, 1.165) is 5.56 Å². The SMILES string of the molecule is O=C(COC(=O)C=Cc1cccc(Cl)c1)Nc1ccc(Cl)cc1Cl. The highest BCUT2D eigenvalue weighted by atomic mass is 35.5. The smallest absolute Gasteiger partial charge is 0.331 e. The van der Waals surface area contributed by atoms with Crippen molar-refractivity contribution in [1.82, 2.24) is 0 Å². The second-order valence-electron chi connectivity index (χ2n) is 4.67. The lowest BCUT2D eigenvalue weighted by Gasteiger charge is -2.07. The third kappa shape index (κ3) is 5.89. The van der Waals surface area contributed by atoms with Gasteiger partial charge >= 0.3 is 5.97 Å². The van der Waals surface area contributed by atoms with E-state index in [1.807, 2.05) is 0 Å². The van der Waals surface area contributed by atoms with E-state index in [1.165, 1.54) is 12.1 Å². The third-order valence-electron chi connectivity index (χ3n) is 2.81. The van der Waals surface area contributed by atoms with Gasteiger partial charge in [-0.05, 0) is 42.0 Å². The Morgan fingerprint density at radius 2 is 1.79 bits per heavy atom. The first-order valence-corrected chi connectivity index (χ1v) is 7.93. The fraction of sp³-hybridized carbons (Fsp3) is 0.0588. The standard InChI is InChI=1S/C17H12Cl3NO3/c18-12-3-1-2-11(8-12)4-7-17(23)24-10-16(22)21-15-6-5-13(19)9-14(15)20/h1-9H,10H2,(H,21,22). The van der Waals surface area contributed by atoms with E-state index in [9.17, 15) is 9.59 Å². The van der Waals surface area contributed by atoms with Crippen LogP contribution in [-0.2, 0) is 14.3 Å². The van der Waals surface area contributed by atoms with Crippen LogP contribution in [0.15, 0.2) is 48.5 Å². The van der Waals surface area contributed by atoms with Gasteiger partial charge < -0.3 is 10.1 Å². The zero-order valence-corrected chi connectivity index (χ0v) is 14.5. The number of nitrogens with one attached hydrogen (secondary N) is 1. The van der Waals surface area contributed by atoms with Crippen molar-refractivity contribution in [3.05, 3.63) is 69.2 Å². The summed E-state index contributed by atoms with van der Waals surface area (Å²) in [6.45, 7) is -0.433. The summed E-state index contributed by atoms with van der Waals surface area (Å²) in [7, 11) is 0. The molecular weight excluding hydrogens is 373 g/mol. The van der Waals surface area contributed by atoms with Gasteiger partial charge in [-0.25, -0.2) is 4.79 Å². The Hall–Kier alpha value is -2.01. The number of hydrogen-bond acceptors (Lipinski definition) is 3. The van der Waals surface area contributed by atoms with Gasteiger partial charge in [-0.2, -0.15) is 0 Å². The Kier molecular flexibility index (Phi) is 6.67. The van der Waals surface area contributed by atoms with E-state index in [4.69, 9.17) is 39.5 Å². The molecular formula is C17H12Cl3NO3. The first-order chi connectivity index (χ1) is 11.4. The predicted octanol–water partition coefficient (Wildman–Crippen LogP) is 4.84. The molecule has 0 saturated heterocycles. The maximum Gasteiger partial charge on any atom is 0.331 e. The summed E-state index contributed by atoms with van der Waals surface area (Å²) in [6.07, 6.45) is 2.76. The normalized spacial score (nSPS) is 10.6. The van der Waals surface area contributed by atoms with Crippen LogP contribution in [0.2, 0.25) is 15.1 Å². The van der Waals surface area contributed by atoms with Gasteiger partial charge in [-0.15, -0.1) is 0 Å². The number of esters is 1. The highest BCUT2D eigenvalue weighted by Gasteiger charge is 2.08. The van der Waals surface area contributed by atoms with Gasteiger partial charge in [0, 0.05) is 16.1 Å². The molecule has 124 valence electrons. The number of anilines is 1. The Bertz CT molecular complexity index is 790. The Labute approximate surface area is 154 Å². The summed E-state index contributed by atoms with van der Waals surface area (Å²) in [5.74, 6) is -1.16. The van der Waals surface area contributed by atoms with Crippen LogP contribution in [0.5, 0.6) is 0 Å². The van der Waals surface area contributed by atoms with Crippen LogP contribution in [0.25, 0.3) is 6.08 Å².